The van der Waals surface area contributed by atoms with Crippen molar-refractivity contribution in [2.24, 2.45) is 4.99 Å². The predicted octanol–water partition coefficient (Wildman–Crippen LogP) is 4.61. The Morgan fingerprint density at radius 1 is 1.00 bits per heavy atom. The minimum absolute atomic E-state index is 0.412. The van der Waals surface area contributed by atoms with Gasteiger partial charge in [-0.1, -0.05) is 30.3 Å². The molecule has 0 aliphatic heterocycles. The zero-order valence-electron chi connectivity index (χ0n) is 15.1. The lowest BCUT2D eigenvalue weighted by Gasteiger charge is -2.06. The number of para-hydroxylation sites is 3. The molecule has 2 aromatic carbocycles. The first-order chi connectivity index (χ1) is 13.8. The summed E-state index contributed by atoms with van der Waals surface area (Å²) >= 11 is 0. The Kier molecular flexibility index (Phi) is 3.87. The molecule has 0 saturated carbocycles. The number of rotatable bonds is 3. The van der Waals surface area contributed by atoms with Gasteiger partial charge >= 0.3 is 0 Å². The minimum Gasteiger partial charge on any atom is -0.493 e. The van der Waals surface area contributed by atoms with Gasteiger partial charge in [-0.3, -0.25) is 0 Å². The lowest BCUT2D eigenvalue weighted by atomic mass is 10.1. The summed E-state index contributed by atoms with van der Waals surface area (Å²) in [5.41, 5.74) is 3.62. The van der Waals surface area contributed by atoms with Crippen LogP contribution in [0.4, 0.5) is 5.82 Å². The molecule has 6 heteroatoms. The molecule has 0 unspecified atom stereocenters. The third-order valence-electron chi connectivity index (χ3n) is 4.47. The number of aromatic nitrogens is 3. The van der Waals surface area contributed by atoms with E-state index in [1.807, 2.05) is 66.7 Å². The number of methoxy groups -OCH3 is 1. The van der Waals surface area contributed by atoms with E-state index in [0.717, 1.165) is 22.0 Å². The summed E-state index contributed by atoms with van der Waals surface area (Å²) in [5.74, 6) is 1.88. The van der Waals surface area contributed by atoms with Crippen LogP contribution in [0.15, 0.2) is 82.3 Å². The van der Waals surface area contributed by atoms with E-state index >= 15 is 0 Å². The summed E-state index contributed by atoms with van der Waals surface area (Å²) in [6.07, 6.45) is 1.70. The molecule has 0 bridgehead atoms. The fraction of sp³-hybridized carbons (Fsp3) is 0.0455. The highest BCUT2D eigenvalue weighted by molar-refractivity contribution is 5.86. The van der Waals surface area contributed by atoms with Crippen molar-refractivity contribution in [3.8, 4) is 17.1 Å². The van der Waals surface area contributed by atoms with E-state index in [4.69, 9.17) is 14.1 Å². The molecule has 3 aromatic heterocycles. The molecule has 0 saturated heterocycles. The van der Waals surface area contributed by atoms with Crippen molar-refractivity contribution >= 4 is 27.8 Å². The maximum atomic E-state index is 6.18. The first kappa shape index (κ1) is 16.3. The Hall–Kier alpha value is -3.93. The van der Waals surface area contributed by atoms with Gasteiger partial charge in [0.1, 0.15) is 5.82 Å². The third-order valence-corrected chi connectivity index (χ3v) is 4.47. The van der Waals surface area contributed by atoms with E-state index in [-0.39, 0.29) is 0 Å². The van der Waals surface area contributed by atoms with Crippen LogP contribution in [0.1, 0.15) is 0 Å². The van der Waals surface area contributed by atoms with Crippen LogP contribution in [0.25, 0.3) is 33.4 Å². The number of nitrogens with zero attached hydrogens (tertiary/aromatic N) is 3. The van der Waals surface area contributed by atoms with Gasteiger partial charge in [0.15, 0.2) is 17.2 Å². The van der Waals surface area contributed by atoms with Crippen molar-refractivity contribution in [1.29, 1.82) is 0 Å². The molecule has 0 spiro atoms. The Morgan fingerprint density at radius 3 is 2.71 bits per heavy atom. The van der Waals surface area contributed by atoms with Gasteiger partial charge in [0.25, 0.3) is 0 Å². The number of H-pyrrole nitrogens is 1. The molecule has 28 heavy (non-hydrogen) atoms. The summed E-state index contributed by atoms with van der Waals surface area (Å²) < 4.78 is 11.6. The number of aromatic amines is 1. The van der Waals surface area contributed by atoms with Crippen molar-refractivity contribution in [1.82, 2.24) is 15.0 Å². The number of hydrogen-bond acceptors (Lipinski definition) is 5. The highest BCUT2D eigenvalue weighted by atomic mass is 16.5. The van der Waals surface area contributed by atoms with Gasteiger partial charge in [0.2, 0.25) is 5.55 Å². The maximum Gasteiger partial charge on any atom is 0.232 e. The molecule has 0 aliphatic carbocycles. The topological polar surface area (TPSA) is 76.3 Å². The Labute approximate surface area is 160 Å². The van der Waals surface area contributed by atoms with Crippen molar-refractivity contribution in [3.63, 3.8) is 0 Å². The number of nitrogens with one attached hydrogen (secondary N) is 1. The lowest BCUT2D eigenvalue weighted by Crippen LogP contribution is -2.07. The van der Waals surface area contributed by atoms with Crippen molar-refractivity contribution in [2.75, 3.05) is 7.11 Å². The van der Waals surface area contributed by atoms with Gasteiger partial charge in [0, 0.05) is 11.6 Å². The molecule has 0 amide bonds. The highest BCUT2D eigenvalue weighted by Crippen LogP contribution is 2.27. The Balaban J connectivity index is 1.83. The molecule has 0 fully saturated rings. The van der Waals surface area contributed by atoms with Crippen LogP contribution < -0.4 is 10.3 Å². The van der Waals surface area contributed by atoms with E-state index in [9.17, 15) is 0 Å². The number of pyridine rings is 1. The van der Waals surface area contributed by atoms with Crippen molar-refractivity contribution in [2.45, 2.75) is 0 Å². The van der Waals surface area contributed by atoms with Crippen LogP contribution in [0.3, 0.4) is 0 Å². The fourth-order valence-corrected chi connectivity index (χ4v) is 3.14. The summed E-state index contributed by atoms with van der Waals surface area (Å²) in [7, 11) is 1.62. The molecule has 0 aliphatic rings. The fourth-order valence-electron chi connectivity index (χ4n) is 3.14. The van der Waals surface area contributed by atoms with E-state index in [1.165, 1.54) is 0 Å². The molecule has 3 heterocycles. The standard InChI is InChI=1S/C22H16N4O2/c1-27-18-10-6-7-14-13-15(21-24-16-8-2-3-9-17(16)25-21)22(28-20(14)18)26-19-11-4-5-12-23-19/h2-13H,1H3,(H,24,25)/b26-22-. The van der Waals surface area contributed by atoms with Crippen LogP contribution in [0.5, 0.6) is 5.75 Å². The number of benzene rings is 2. The molecular formula is C22H16N4O2. The molecular weight excluding hydrogens is 352 g/mol. The second-order valence-electron chi connectivity index (χ2n) is 6.25. The van der Waals surface area contributed by atoms with Crippen molar-refractivity contribution < 1.29 is 9.15 Å². The Morgan fingerprint density at radius 2 is 1.89 bits per heavy atom. The second-order valence-corrected chi connectivity index (χ2v) is 6.25. The number of imidazole rings is 1. The minimum atomic E-state index is 0.412. The Bertz CT molecular complexity index is 1320. The highest BCUT2D eigenvalue weighted by Gasteiger charge is 2.13. The zero-order valence-corrected chi connectivity index (χ0v) is 15.1. The van der Waals surface area contributed by atoms with Gasteiger partial charge in [-0.05, 0) is 36.4 Å². The quantitative estimate of drug-likeness (QED) is 0.504. The molecule has 1 N–H and O–H groups in total. The SMILES string of the molecule is COc1cccc2cc(-c3nc4ccccc4[nH]3)/c(=N/c3ccccn3)oc12. The summed E-state index contributed by atoms with van der Waals surface area (Å²) in [6, 6.07) is 21.2. The second kappa shape index (κ2) is 6.66. The predicted molar refractivity (Wildman–Crippen MR) is 107 cm³/mol. The average molecular weight is 368 g/mol. The molecule has 136 valence electrons. The summed E-state index contributed by atoms with van der Waals surface area (Å²) in [5, 5.41) is 0.898. The van der Waals surface area contributed by atoms with Crippen molar-refractivity contribution in [3.05, 3.63) is 78.5 Å². The van der Waals surface area contributed by atoms with E-state index < -0.39 is 0 Å². The molecule has 6 nitrogen and oxygen atoms in total. The summed E-state index contributed by atoms with van der Waals surface area (Å²) in [4.78, 5) is 17.0. The van der Waals surface area contributed by atoms with Gasteiger partial charge in [-0.2, -0.15) is 4.99 Å². The lowest BCUT2D eigenvalue weighted by molar-refractivity contribution is 0.406. The number of ether oxygens (including phenoxy) is 1. The maximum absolute atomic E-state index is 6.18. The first-order valence-corrected chi connectivity index (χ1v) is 8.83. The van der Waals surface area contributed by atoms with Gasteiger partial charge in [-0.15, -0.1) is 0 Å². The van der Waals surface area contributed by atoms with Crippen LogP contribution >= 0.6 is 0 Å². The third kappa shape index (κ3) is 2.81. The van der Waals surface area contributed by atoms with E-state index in [1.54, 1.807) is 13.3 Å². The zero-order chi connectivity index (χ0) is 18.9. The summed E-state index contributed by atoms with van der Waals surface area (Å²) in [6.45, 7) is 0. The van der Waals surface area contributed by atoms with Gasteiger partial charge in [-0.25, -0.2) is 9.97 Å². The molecule has 0 atom stereocenters. The van der Waals surface area contributed by atoms with Crippen LogP contribution in [-0.4, -0.2) is 22.1 Å². The molecule has 5 rings (SSSR count). The number of hydrogen-bond donors (Lipinski definition) is 1. The van der Waals surface area contributed by atoms with Crippen LogP contribution in [-0.2, 0) is 0 Å². The largest absolute Gasteiger partial charge is 0.493 e. The van der Waals surface area contributed by atoms with Crippen LogP contribution in [0, 0.1) is 0 Å². The van der Waals surface area contributed by atoms with Gasteiger partial charge < -0.3 is 14.1 Å². The number of fused-ring (bicyclic) bond motifs is 2. The molecule has 5 aromatic rings. The molecule has 0 radical (unpaired) electrons. The van der Waals surface area contributed by atoms with Gasteiger partial charge in [0.05, 0.1) is 23.7 Å². The average Bonchev–Trinajstić information content (AvgIpc) is 3.17. The van der Waals surface area contributed by atoms with E-state index in [0.29, 0.717) is 28.5 Å². The normalized spacial score (nSPS) is 12.0. The van der Waals surface area contributed by atoms with E-state index in [2.05, 4.69) is 15.0 Å². The van der Waals surface area contributed by atoms with Crippen LogP contribution in [0.2, 0.25) is 0 Å². The smallest absolute Gasteiger partial charge is 0.232 e. The monoisotopic (exact) mass is 368 g/mol. The first-order valence-electron chi connectivity index (χ1n) is 8.83.